The number of hydrogen-bond donors (Lipinski definition) is 0. The van der Waals surface area contributed by atoms with E-state index >= 15 is 0 Å². The summed E-state index contributed by atoms with van der Waals surface area (Å²) in [6, 6.07) is 0. The van der Waals surface area contributed by atoms with E-state index in [-0.39, 0.29) is 0 Å². The van der Waals surface area contributed by atoms with Crippen LogP contribution in [0.5, 0.6) is 0 Å². The molecule has 0 aromatic rings. The van der Waals surface area contributed by atoms with Gasteiger partial charge in [-0.25, -0.2) is 0 Å². The van der Waals surface area contributed by atoms with E-state index in [0.29, 0.717) is 18.9 Å². The van der Waals surface area contributed by atoms with Crippen LogP contribution < -0.4 is 0 Å². The predicted molar refractivity (Wildman–Crippen MR) is 54.0 cm³/mol. The fourth-order valence-corrected chi connectivity index (χ4v) is 1.07. The van der Waals surface area contributed by atoms with Crippen molar-refractivity contribution in [3.05, 3.63) is 0 Å². The molecule has 0 saturated heterocycles. The van der Waals surface area contributed by atoms with E-state index in [9.17, 15) is 0 Å². The molecular weight excluding hydrogens is 184 g/mol. The Kier molecular flexibility index (Phi) is 7.09. The number of rotatable bonds is 8. The Hall–Kier alpha value is -0.160. The summed E-state index contributed by atoms with van der Waals surface area (Å²) in [7, 11) is 4.65. The second kappa shape index (κ2) is 7.17. The molecule has 0 aromatic heterocycles. The zero-order valence-corrected chi connectivity index (χ0v) is 9.83. The summed E-state index contributed by atoms with van der Waals surface area (Å²) >= 11 is 0. The zero-order valence-electron chi connectivity index (χ0n) is 9.83. The minimum atomic E-state index is -0.961. The zero-order chi connectivity index (χ0) is 11.0. The lowest BCUT2D eigenvalue weighted by atomic mass is 10.2. The van der Waals surface area contributed by atoms with E-state index in [4.69, 9.17) is 18.9 Å². The highest BCUT2D eigenvalue weighted by atomic mass is 16.9. The highest BCUT2D eigenvalue weighted by Crippen LogP contribution is 2.16. The largest absolute Gasteiger partial charge is 0.381 e. The number of methoxy groups -OCH3 is 3. The van der Waals surface area contributed by atoms with Crippen LogP contribution in [-0.4, -0.2) is 40.5 Å². The summed E-state index contributed by atoms with van der Waals surface area (Å²) in [5.74, 6) is -0.422. The summed E-state index contributed by atoms with van der Waals surface area (Å²) in [6.45, 7) is 5.52. The second-order valence-electron chi connectivity index (χ2n) is 3.51. The van der Waals surface area contributed by atoms with E-state index in [1.807, 2.05) is 0 Å². The third kappa shape index (κ3) is 4.91. The van der Waals surface area contributed by atoms with Crippen LogP contribution in [0.4, 0.5) is 0 Å². The molecule has 0 saturated carbocycles. The van der Waals surface area contributed by atoms with Crippen molar-refractivity contribution in [3.8, 4) is 0 Å². The van der Waals surface area contributed by atoms with Crippen molar-refractivity contribution in [3.63, 3.8) is 0 Å². The van der Waals surface area contributed by atoms with Gasteiger partial charge in [-0.1, -0.05) is 13.8 Å². The summed E-state index contributed by atoms with van der Waals surface area (Å²) in [6.07, 6.45) is 0.559. The van der Waals surface area contributed by atoms with Crippen LogP contribution in [0.1, 0.15) is 20.3 Å². The summed E-state index contributed by atoms with van der Waals surface area (Å²) in [5, 5.41) is 0. The molecule has 0 N–H and O–H groups in total. The number of ether oxygens (including phenoxy) is 4. The molecular formula is C10H22O4. The van der Waals surface area contributed by atoms with E-state index in [2.05, 4.69) is 13.8 Å². The molecule has 0 radical (unpaired) electrons. The van der Waals surface area contributed by atoms with Gasteiger partial charge in [-0.05, 0) is 5.92 Å². The highest BCUT2D eigenvalue weighted by molar-refractivity contribution is 4.54. The Morgan fingerprint density at radius 3 is 1.86 bits per heavy atom. The first kappa shape index (κ1) is 13.8. The van der Waals surface area contributed by atoms with Crippen LogP contribution in [0.3, 0.4) is 0 Å². The van der Waals surface area contributed by atoms with Gasteiger partial charge in [-0.2, -0.15) is 0 Å². The number of hydrogen-bond acceptors (Lipinski definition) is 4. The van der Waals surface area contributed by atoms with E-state index in [1.165, 1.54) is 0 Å². The Labute approximate surface area is 86.5 Å². The van der Waals surface area contributed by atoms with Crippen LogP contribution in [0.25, 0.3) is 0 Å². The minimum absolute atomic E-state index is 0.539. The molecule has 0 aromatic carbocycles. The molecule has 0 bridgehead atoms. The van der Waals surface area contributed by atoms with Crippen molar-refractivity contribution in [1.82, 2.24) is 0 Å². The first-order chi connectivity index (χ1) is 6.60. The normalized spacial score (nSPS) is 12.4. The van der Waals surface area contributed by atoms with Crippen molar-refractivity contribution in [2.24, 2.45) is 5.92 Å². The smallest absolute Gasteiger partial charge is 0.284 e. The first-order valence-electron chi connectivity index (χ1n) is 4.83. The molecule has 0 heterocycles. The first-order valence-corrected chi connectivity index (χ1v) is 4.83. The topological polar surface area (TPSA) is 36.9 Å². The molecule has 0 fully saturated rings. The van der Waals surface area contributed by atoms with E-state index in [1.54, 1.807) is 21.3 Å². The van der Waals surface area contributed by atoms with Crippen LogP contribution >= 0.6 is 0 Å². The molecule has 86 valence electrons. The van der Waals surface area contributed by atoms with Crippen LogP contribution in [0.15, 0.2) is 0 Å². The average molecular weight is 206 g/mol. The lowest BCUT2D eigenvalue weighted by Gasteiger charge is -2.28. The fourth-order valence-electron chi connectivity index (χ4n) is 1.07. The van der Waals surface area contributed by atoms with Crippen LogP contribution in [0.2, 0.25) is 0 Å². The van der Waals surface area contributed by atoms with Gasteiger partial charge >= 0.3 is 0 Å². The molecule has 0 atom stereocenters. The minimum Gasteiger partial charge on any atom is -0.381 e. The Morgan fingerprint density at radius 2 is 1.50 bits per heavy atom. The summed E-state index contributed by atoms with van der Waals surface area (Å²) in [5.41, 5.74) is 0. The SMILES string of the molecule is COC(CCOCC(C)C)(OC)OC. The standard InChI is InChI=1S/C10H22O4/c1-9(2)8-14-7-6-10(11-3,12-4)13-5/h9H,6-8H2,1-5H3. The maximum atomic E-state index is 5.42. The fraction of sp³-hybridized carbons (Fsp3) is 1.00. The van der Waals surface area contributed by atoms with Crippen LogP contribution in [0, 0.1) is 5.92 Å². The van der Waals surface area contributed by atoms with Gasteiger partial charge in [-0.15, -0.1) is 0 Å². The molecule has 4 nitrogen and oxygen atoms in total. The van der Waals surface area contributed by atoms with Gasteiger partial charge in [0.15, 0.2) is 0 Å². The maximum Gasteiger partial charge on any atom is 0.284 e. The monoisotopic (exact) mass is 206 g/mol. The van der Waals surface area contributed by atoms with Crippen molar-refractivity contribution in [2.75, 3.05) is 34.5 Å². The average Bonchev–Trinajstić information content (AvgIpc) is 2.19. The molecule has 0 aliphatic heterocycles. The third-order valence-corrected chi connectivity index (χ3v) is 1.94. The van der Waals surface area contributed by atoms with Gasteiger partial charge in [0, 0.05) is 27.9 Å². The lowest BCUT2D eigenvalue weighted by molar-refractivity contribution is -0.357. The predicted octanol–water partition coefficient (Wildman–Crippen LogP) is 1.64. The Bertz CT molecular complexity index is 124. The van der Waals surface area contributed by atoms with Gasteiger partial charge in [0.05, 0.1) is 13.0 Å². The molecule has 4 heteroatoms. The summed E-state index contributed by atoms with van der Waals surface area (Å²) in [4.78, 5) is 0. The Balaban J connectivity index is 3.71. The molecule has 0 rings (SSSR count). The highest BCUT2D eigenvalue weighted by Gasteiger charge is 2.28. The van der Waals surface area contributed by atoms with E-state index < -0.39 is 5.97 Å². The second-order valence-corrected chi connectivity index (χ2v) is 3.51. The molecule has 0 unspecified atom stereocenters. The van der Waals surface area contributed by atoms with E-state index in [0.717, 1.165) is 6.61 Å². The lowest BCUT2D eigenvalue weighted by Crippen LogP contribution is -2.37. The Morgan fingerprint density at radius 1 is 1.00 bits per heavy atom. The van der Waals surface area contributed by atoms with Gasteiger partial charge in [0.1, 0.15) is 0 Å². The third-order valence-electron chi connectivity index (χ3n) is 1.94. The molecule has 0 amide bonds. The van der Waals surface area contributed by atoms with Gasteiger partial charge in [0.25, 0.3) is 5.97 Å². The van der Waals surface area contributed by atoms with Crippen molar-refractivity contribution in [2.45, 2.75) is 26.2 Å². The molecule has 0 aliphatic carbocycles. The molecule has 14 heavy (non-hydrogen) atoms. The van der Waals surface area contributed by atoms with Crippen molar-refractivity contribution < 1.29 is 18.9 Å². The van der Waals surface area contributed by atoms with Gasteiger partial charge in [0.2, 0.25) is 0 Å². The van der Waals surface area contributed by atoms with Gasteiger partial charge < -0.3 is 18.9 Å². The van der Waals surface area contributed by atoms with Crippen molar-refractivity contribution >= 4 is 0 Å². The quantitative estimate of drug-likeness (QED) is 0.447. The van der Waals surface area contributed by atoms with Crippen LogP contribution in [-0.2, 0) is 18.9 Å². The summed E-state index contributed by atoms with van der Waals surface area (Å²) < 4.78 is 20.8. The van der Waals surface area contributed by atoms with Crippen molar-refractivity contribution in [1.29, 1.82) is 0 Å². The van der Waals surface area contributed by atoms with Gasteiger partial charge in [-0.3, -0.25) is 0 Å². The molecule has 0 aliphatic rings. The molecule has 0 spiro atoms. The maximum absolute atomic E-state index is 5.42.